The molecular weight excluding hydrogens is 300 g/mol. The third-order valence-corrected chi connectivity index (χ3v) is 4.53. The highest BCUT2D eigenvalue weighted by Crippen LogP contribution is 2.22. The van der Waals surface area contributed by atoms with E-state index in [4.69, 9.17) is 0 Å². The van der Waals surface area contributed by atoms with E-state index in [1.54, 1.807) is 6.20 Å². The van der Waals surface area contributed by atoms with Crippen LogP contribution in [0.3, 0.4) is 0 Å². The van der Waals surface area contributed by atoms with Gasteiger partial charge in [-0.25, -0.2) is 9.67 Å². The molecule has 0 spiro atoms. The Morgan fingerprint density at radius 3 is 2.96 bits per heavy atom. The van der Waals surface area contributed by atoms with Crippen molar-refractivity contribution in [3.8, 4) is 5.82 Å². The van der Waals surface area contributed by atoms with Gasteiger partial charge in [-0.3, -0.25) is 4.79 Å². The monoisotopic (exact) mass is 324 g/mol. The lowest BCUT2D eigenvalue weighted by molar-refractivity contribution is -0.121. The van der Waals surface area contributed by atoms with Crippen LogP contribution in [-0.2, 0) is 4.79 Å². The molecule has 0 saturated heterocycles. The van der Waals surface area contributed by atoms with Gasteiger partial charge in [0.1, 0.15) is 0 Å². The van der Waals surface area contributed by atoms with Gasteiger partial charge in [0, 0.05) is 23.9 Å². The van der Waals surface area contributed by atoms with E-state index < -0.39 is 0 Å². The number of hydrogen-bond acceptors (Lipinski definition) is 3. The summed E-state index contributed by atoms with van der Waals surface area (Å²) in [5, 5.41) is 7.52. The molecule has 2 aromatic rings. The number of carbonyl (C=O) groups is 1. The molecule has 126 valence electrons. The number of allylic oxidation sites excluding steroid dienone is 1. The van der Waals surface area contributed by atoms with E-state index in [9.17, 15) is 4.79 Å². The summed E-state index contributed by atoms with van der Waals surface area (Å²) in [6.07, 6.45) is 10.9. The molecule has 5 nitrogen and oxygen atoms in total. The van der Waals surface area contributed by atoms with E-state index in [2.05, 4.69) is 21.5 Å². The Hall–Kier alpha value is -2.43. The number of carbonyl (C=O) groups excluding carboxylic acids is 1. The lowest BCUT2D eigenvalue weighted by atomic mass is 9.97. The van der Waals surface area contributed by atoms with Gasteiger partial charge in [0.15, 0.2) is 5.82 Å². The zero-order valence-corrected chi connectivity index (χ0v) is 14.3. The summed E-state index contributed by atoms with van der Waals surface area (Å²) in [6.45, 7) is 4.00. The maximum Gasteiger partial charge on any atom is 0.224 e. The van der Waals surface area contributed by atoms with Crippen molar-refractivity contribution in [2.45, 2.75) is 52.0 Å². The summed E-state index contributed by atoms with van der Waals surface area (Å²) in [6, 6.07) is 5.67. The minimum absolute atomic E-state index is 0.0702. The van der Waals surface area contributed by atoms with Crippen LogP contribution in [0.4, 0.5) is 0 Å². The van der Waals surface area contributed by atoms with E-state index in [0.29, 0.717) is 6.42 Å². The van der Waals surface area contributed by atoms with E-state index >= 15 is 0 Å². The number of nitrogens with zero attached hydrogens (tertiary/aromatic N) is 3. The predicted molar refractivity (Wildman–Crippen MR) is 93.8 cm³/mol. The standard InChI is InChI=1S/C19H24N4O/c1-14(22-19(24)12-16-8-4-3-5-9-16)17-13-21-23(15(17)2)18-10-6-7-11-20-18/h6-8,10-11,13-14H,3-5,9,12H2,1-2H3,(H,22,24)/t14-/m0/s1. The topological polar surface area (TPSA) is 59.8 Å². The smallest absolute Gasteiger partial charge is 0.224 e. The van der Waals surface area contributed by atoms with Gasteiger partial charge in [-0.1, -0.05) is 17.7 Å². The minimum atomic E-state index is -0.0702. The predicted octanol–water partition coefficient (Wildman–Crippen LogP) is 3.64. The van der Waals surface area contributed by atoms with Crippen LogP contribution >= 0.6 is 0 Å². The molecule has 24 heavy (non-hydrogen) atoms. The molecular formula is C19H24N4O. The summed E-state index contributed by atoms with van der Waals surface area (Å²) >= 11 is 0. The van der Waals surface area contributed by atoms with Crippen molar-refractivity contribution >= 4 is 5.91 Å². The van der Waals surface area contributed by atoms with Gasteiger partial charge in [-0.05, 0) is 51.7 Å². The third kappa shape index (κ3) is 3.72. The van der Waals surface area contributed by atoms with Gasteiger partial charge >= 0.3 is 0 Å². The van der Waals surface area contributed by atoms with Crippen LogP contribution in [0.5, 0.6) is 0 Å². The first-order valence-electron chi connectivity index (χ1n) is 8.58. The number of pyridine rings is 1. The molecule has 1 N–H and O–H groups in total. The number of amides is 1. The van der Waals surface area contributed by atoms with Crippen LogP contribution in [-0.4, -0.2) is 20.7 Å². The Morgan fingerprint density at radius 2 is 2.25 bits per heavy atom. The Balaban J connectivity index is 1.67. The highest BCUT2D eigenvalue weighted by Gasteiger charge is 2.17. The number of aromatic nitrogens is 3. The van der Waals surface area contributed by atoms with Crippen LogP contribution in [0.15, 0.2) is 42.2 Å². The summed E-state index contributed by atoms with van der Waals surface area (Å²) < 4.78 is 1.81. The Bertz CT molecular complexity index is 733. The highest BCUT2D eigenvalue weighted by molar-refractivity contribution is 5.79. The van der Waals surface area contributed by atoms with E-state index in [0.717, 1.165) is 29.9 Å². The van der Waals surface area contributed by atoms with Gasteiger partial charge < -0.3 is 5.32 Å². The first-order chi connectivity index (χ1) is 11.6. The molecule has 0 aliphatic heterocycles. The van der Waals surface area contributed by atoms with Crippen molar-refractivity contribution in [2.75, 3.05) is 0 Å². The first-order valence-corrected chi connectivity index (χ1v) is 8.58. The minimum Gasteiger partial charge on any atom is -0.349 e. The van der Waals surface area contributed by atoms with Crippen molar-refractivity contribution < 1.29 is 4.79 Å². The van der Waals surface area contributed by atoms with E-state index in [1.165, 1.54) is 18.4 Å². The zero-order chi connectivity index (χ0) is 16.9. The maximum absolute atomic E-state index is 12.3. The van der Waals surface area contributed by atoms with Crippen molar-refractivity contribution in [1.82, 2.24) is 20.1 Å². The number of hydrogen-bond donors (Lipinski definition) is 1. The van der Waals surface area contributed by atoms with E-state index in [-0.39, 0.29) is 11.9 Å². The first kappa shape index (κ1) is 16.4. The molecule has 0 fully saturated rings. The molecule has 0 unspecified atom stereocenters. The van der Waals surface area contributed by atoms with Gasteiger partial charge in [-0.2, -0.15) is 5.10 Å². The van der Waals surface area contributed by atoms with Crippen molar-refractivity contribution in [1.29, 1.82) is 0 Å². The summed E-state index contributed by atoms with van der Waals surface area (Å²) in [5.74, 6) is 0.868. The second kappa shape index (κ2) is 7.43. The molecule has 2 aromatic heterocycles. The SMILES string of the molecule is Cc1c([C@H](C)NC(=O)CC2=CCCCC2)cnn1-c1ccccn1. The van der Waals surface area contributed by atoms with Crippen LogP contribution in [0, 0.1) is 6.92 Å². The van der Waals surface area contributed by atoms with Crippen LogP contribution in [0.2, 0.25) is 0 Å². The highest BCUT2D eigenvalue weighted by atomic mass is 16.1. The van der Waals surface area contributed by atoms with Gasteiger partial charge in [0.25, 0.3) is 0 Å². The molecule has 0 saturated carbocycles. The molecule has 3 rings (SSSR count). The summed E-state index contributed by atoms with van der Waals surface area (Å²) in [4.78, 5) is 16.6. The molecule has 1 aliphatic rings. The second-order valence-corrected chi connectivity index (χ2v) is 6.36. The average Bonchev–Trinajstić information content (AvgIpc) is 2.98. The van der Waals surface area contributed by atoms with Crippen molar-refractivity contribution in [3.63, 3.8) is 0 Å². The normalized spacial score (nSPS) is 15.7. The Kier molecular flexibility index (Phi) is 5.08. The fourth-order valence-corrected chi connectivity index (χ4v) is 3.20. The third-order valence-electron chi connectivity index (χ3n) is 4.53. The molecule has 1 atom stereocenters. The molecule has 1 amide bonds. The molecule has 5 heteroatoms. The van der Waals surface area contributed by atoms with Crippen LogP contribution in [0.1, 0.15) is 56.3 Å². The van der Waals surface area contributed by atoms with Crippen molar-refractivity contribution in [2.24, 2.45) is 0 Å². The fraction of sp³-hybridized carbons (Fsp3) is 0.421. The molecule has 0 radical (unpaired) electrons. The molecule has 0 aromatic carbocycles. The lowest BCUT2D eigenvalue weighted by Gasteiger charge is -2.16. The maximum atomic E-state index is 12.3. The fourth-order valence-electron chi connectivity index (χ4n) is 3.20. The molecule has 1 aliphatic carbocycles. The molecule has 0 bridgehead atoms. The largest absolute Gasteiger partial charge is 0.349 e. The quantitative estimate of drug-likeness (QED) is 0.854. The zero-order valence-electron chi connectivity index (χ0n) is 14.3. The Labute approximate surface area is 142 Å². The van der Waals surface area contributed by atoms with Gasteiger partial charge in [-0.15, -0.1) is 0 Å². The van der Waals surface area contributed by atoms with Crippen LogP contribution < -0.4 is 5.32 Å². The van der Waals surface area contributed by atoms with Crippen LogP contribution in [0.25, 0.3) is 5.82 Å². The number of nitrogens with one attached hydrogen (secondary N) is 1. The van der Waals surface area contributed by atoms with Gasteiger partial charge in [0.2, 0.25) is 5.91 Å². The average molecular weight is 324 g/mol. The van der Waals surface area contributed by atoms with Crippen molar-refractivity contribution in [3.05, 3.63) is 53.5 Å². The van der Waals surface area contributed by atoms with E-state index in [1.807, 2.05) is 42.9 Å². The van der Waals surface area contributed by atoms with Gasteiger partial charge in [0.05, 0.1) is 12.2 Å². The second-order valence-electron chi connectivity index (χ2n) is 6.36. The Morgan fingerprint density at radius 1 is 1.38 bits per heavy atom. The molecule has 2 heterocycles. The summed E-state index contributed by atoms with van der Waals surface area (Å²) in [5.41, 5.74) is 3.29. The number of rotatable bonds is 5. The summed E-state index contributed by atoms with van der Waals surface area (Å²) in [7, 11) is 0. The lowest BCUT2D eigenvalue weighted by Crippen LogP contribution is -2.27.